The first-order valence-electron chi connectivity index (χ1n) is 7.58. The maximum absolute atomic E-state index is 12.4. The van der Waals surface area contributed by atoms with Crippen LogP contribution in [0.15, 0.2) is 9.42 Å². The van der Waals surface area contributed by atoms with E-state index in [-0.39, 0.29) is 28.8 Å². The van der Waals surface area contributed by atoms with Gasteiger partial charge in [-0.25, -0.2) is 8.42 Å². The van der Waals surface area contributed by atoms with Crippen LogP contribution in [0.3, 0.4) is 0 Å². The van der Waals surface area contributed by atoms with Crippen LogP contribution in [-0.2, 0) is 14.8 Å². The van der Waals surface area contributed by atoms with Gasteiger partial charge in [0.25, 0.3) is 0 Å². The minimum Gasteiger partial charge on any atom is -0.360 e. The van der Waals surface area contributed by atoms with E-state index >= 15 is 0 Å². The molecule has 1 aliphatic carbocycles. The van der Waals surface area contributed by atoms with E-state index in [0.717, 1.165) is 12.8 Å². The Labute approximate surface area is 148 Å². The van der Waals surface area contributed by atoms with Gasteiger partial charge >= 0.3 is 0 Å². The van der Waals surface area contributed by atoms with Gasteiger partial charge in [-0.3, -0.25) is 4.79 Å². The van der Waals surface area contributed by atoms with Crippen LogP contribution >= 0.6 is 12.4 Å². The lowest BCUT2D eigenvalue weighted by Gasteiger charge is -2.31. The SMILES string of the molecule is Cc1noc(C)c1S(=O)(=O)NC(C)C(=O)NC(C)(CN)C1CC1.Cl. The van der Waals surface area contributed by atoms with Gasteiger partial charge in [0.15, 0.2) is 5.76 Å². The lowest BCUT2D eigenvalue weighted by molar-refractivity contribution is -0.124. The number of sulfonamides is 1. The topological polar surface area (TPSA) is 127 Å². The van der Waals surface area contributed by atoms with Gasteiger partial charge in [-0.15, -0.1) is 12.4 Å². The summed E-state index contributed by atoms with van der Waals surface area (Å²) in [7, 11) is -3.89. The van der Waals surface area contributed by atoms with E-state index in [9.17, 15) is 13.2 Å². The molecule has 1 fully saturated rings. The Hall–Kier alpha value is -1.16. The van der Waals surface area contributed by atoms with Crippen molar-refractivity contribution < 1.29 is 17.7 Å². The molecule has 1 heterocycles. The van der Waals surface area contributed by atoms with Crippen LogP contribution in [0.1, 0.15) is 38.1 Å². The van der Waals surface area contributed by atoms with Crippen LogP contribution in [0.25, 0.3) is 0 Å². The van der Waals surface area contributed by atoms with Crippen molar-refractivity contribution in [3.05, 3.63) is 11.5 Å². The summed E-state index contributed by atoms with van der Waals surface area (Å²) in [6, 6.07) is -0.932. The second-order valence-electron chi connectivity index (χ2n) is 6.38. The Bertz CT molecular complexity index is 682. The Morgan fingerprint density at radius 1 is 1.46 bits per heavy atom. The predicted molar refractivity (Wildman–Crippen MR) is 91.3 cm³/mol. The Morgan fingerprint density at radius 3 is 2.46 bits per heavy atom. The third kappa shape index (κ3) is 4.27. The highest BCUT2D eigenvalue weighted by Gasteiger charge is 2.42. The maximum Gasteiger partial charge on any atom is 0.246 e. The van der Waals surface area contributed by atoms with Crippen LogP contribution in [0, 0.1) is 19.8 Å². The van der Waals surface area contributed by atoms with Crippen LogP contribution in [0.2, 0.25) is 0 Å². The average molecular weight is 381 g/mol. The standard InChI is InChI=1S/C14H24N4O4S.ClH/c1-8-12(10(3)22-17-8)23(20,21)18-9(2)13(19)16-14(4,7-15)11-5-6-11;/h9,11,18H,5-7,15H2,1-4H3,(H,16,19);1H. The number of hydrogen-bond acceptors (Lipinski definition) is 6. The monoisotopic (exact) mass is 380 g/mol. The van der Waals surface area contributed by atoms with E-state index in [1.165, 1.54) is 20.8 Å². The zero-order valence-corrected chi connectivity index (χ0v) is 15.9. The second kappa shape index (κ2) is 7.38. The molecule has 0 radical (unpaired) electrons. The maximum atomic E-state index is 12.4. The molecule has 0 aromatic carbocycles. The minimum atomic E-state index is -3.89. The lowest BCUT2D eigenvalue weighted by Crippen LogP contribution is -2.57. The van der Waals surface area contributed by atoms with Gasteiger partial charge in [-0.2, -0.15) is 4.72 Å². The van der Waals surface area contributed by atoms with Gasteiger partial charge in [0.05, 0.1) is 11.6 Å². The molecule has 1 aliphatic rings. The molecule has 2 rings (SSSR count). The Morgan fingerprint density at radius 2 is 2.04 bits per heavy atom. The van der Waals surface area contributed by atoms with Gasteiger partial charge < -0.3 is 15.6 Å². The molecule has 1 saturated carbocycles. The fraction of sp³-hybridized carbons (Fsp3) is 0.714. The molecule has 0 spiro atoms. The molecule has 138 valence electrons. The molecule has 0 bridgehead atoms. The molecule has 8 nitrogen and oxygen atoms in total. The van der Waals surface area contributed by atoms with Crippen molar-refractivity contribution in [2.75, 3.05) is 6.54 Å². The van der Waals surface area contributed by atoms with Crippen LogP contribution in [0.5, 0.6) is 0 Å². The first-order valence-corrected chi connectivity index (χ1v) is 9.06. The molecule has 2 atom stereocenters. The Kier molecular flexibility index (Phi) is 6.43. The summed E-state index contributed by atoms with van der Waals surface area (Å²) in [6.45, 7) is 6.74. The van der Waals surface area contributed by atoms with Crippen LogP contribution in [-0.4, -0.2) is 37.6 Å². The van der Waals surface area contributed by atoms with E-state index in [1.807, 2.05) is 6.92 Å². The molecule has 1 aromatic rings. The van der Waals surface area contributed by atoms with Crippen molar-refractivity contribution in [3.8, 4) is 0 Å². The largest absolute Gasteiger partial charge is 0.360 e. The first kappa shape index (κ1) is 20.9. The smallest absolute Gasteiger partial charge is 0.246 e. The Balaban J connectivity index is 0.00000288. The van der Waals surface area contributed by atoms with E-state index in [2.05, 4.69) is 15.2 Å². The van der Waals surface area contributed by atoms with Crippen molar-refractivity contribution in [2.24, 2.45) is 11.7 Å². The third-order valence-corrected chi connectivity index (χ3v) is 6.06. The number of carbonyl (C=O) groups excluding carboxylic acids is 1. The molecular formula is C14H25ClN4O4S. The van der Waals surface area contributed by atoms with E-state index in [0.29, 0.717) is 12.5 Å². The summed E-state index contributed by atoms with van der Waals surface area (Å²) < 4.78 is 32.1. The summed E-state index contributed by atoms with van der Waals surface area (Å²) in [6.07, 6.45) is 2.04. The summed E-state index contributed by atoms with van der Waals surface area (Å²) in [4.78, 5) is 12.3. The number of amides is 1. The van der Waals surface area contributed by atoms with Crippen molar-refractivity contribution in [2.45, 2.75) is 57.0 Å². The summed E-state index contributed by atoms with van der Waals surface area (Å²) in [5.74, 6) is 0.135. The number of rotatable bonds is 7. The van der Waals surface area contributed by atoms with E-state index in [1.54, 1.807) is 0 Å². The molecule has 1 aromatic heterocycles. The second-order valence-corrected chi connectivity index (χ2v) is 8.03. The van der Waals surface area contributed by atoms with Gasteiger partial charge in [0.2, 0.25) is 15.9 Å². The number of aromatic nitrogens is 1. The number of carbonyl (C=O) groups is 1. The zero-order valence-electron chi connectivity index (χ0n) is 14.3. The minimum absolute atomic E-state index is 0. The fourth-order valence-corrected chi connectivity index (χ4v) is 4.17. The van der Waals surface area contributed by atoms with Gasteiger partial charge in [-0.1, -0.05) is 5.16 Å². The quantitative estimate of drug-likeness (QED) is 0.636. The zero-order chi connectivity index (χ0) is 17.4. The molecule has 24 heavy (non-hydrogen) atoms. The fourth-order valence-electron chi connectivity index (χ4n) is 2.63. The van der Waals surface area contributed by atoms with Gasteiger partial charge in [-0.05, 0) is 46.5 Å². The third-order valence-electron chi connectivity index (χ3n) is 4.27. The molecule has 1 amide bonds. The molecule has 4 N–H and O–H groups in total. The molecular weight excluding hydrogens is 356 g/mol. The molecule has 2 unspecified atom stereocenters. The highest BCUT2D eigenvalue weighted by Crippen LogP contribution is 2.39. The normalized spacial score (nSPS) is 18.4. The highest BCUT2D eigenvalue weighted by atomic mass is 35.5. The number of hydrogen-bond donors (Lipinski definition) is 3. The molecule has 0 aliphatic heterocycles. The first-order chi connectivity index (χ1) is 10.6. The number of nitrogens with two attached hydrogens (primary N) is 1. The predicted octanol–water partition coefficient (Wildman–Crippen LogP) is 0.624. The molecule has 0 saturated heterocycles. The van der Waals surface area contributed by atoms with E-state index < -0.39 is 27.5 Å². The van der Waals surface area contributed by atoms with Crippen molar-refractivity contribution in [1.29, 1.82) is 0 Å². The van der Waals surface area contributed by atoms with Crippen molar-refractivity contribution >= 4 is 28.3 Å². The number of aryl methyl sites for hydroxylation is 2. The van der Waals surface area contributed by atoms with Crippen LogP contribution in [0.4, 0.5) is 0 Å². The number of nitrogens with one attached hydrogen (secondary N) is 2. The highest BCUT2D eigenvalue weighted by molar-refractivity contribution is 7.89. The summed E-state index contributed by atoms with van der Waals surface area (Å²) in [5, 5.41) is 6.50. The van der Waals surface area contributed by atoms with Crippen molar-refractivity contribution in [3.63, 3.8) is 0 Å². The average Bonchev–Trinajstić information content (AvgIpc) is 3.24. The summed E-state index contributed by atoms with van der Waals surface area (Å²) >= 11 is 0. The molecule has 10 heteroatoms. The van der Waals surface area contributed by atoms with E-state index in [4.69, 9.17) is 10.3 Å². The number of nitrogens with zero attached hydrogens (tertiary/aromatic N) is 1. The van der Waals surface area contributed by atoms with Gasteiger partial charge in [0.1, 0.15) is 10.6 Å². The van der Waals surface area contributed by atoms with Gasteiger partial charge in [0, 0.05) is 6.54 Å². The summed E-state index contributed by atoms with van der Waals surface area (Å²) in [5.41, 5.74) is 5.52. The van der Waals surface area contributed by atoms with Crippen LogP contribution < -0.4 is 15.8 Å². The van der Waals surface area contributed by atoms with Crippen molar-refractivity contribution in [1.82, 2.24) is 15.2 Å². The lowest BCUT2D eigenvalue weighted by atomic mass is 9.95. The number of halogens is 1.